The maximum atomic E-state index is 13.6. The molecular formula is C26H28ClF3N6O2. The molecule has 4 rings (SSSR count). The first-order valence-corrected chi connectivity index (χ1v) is 12.7. The van der Waals surface area contributed by atoms with Crippen molar-refractivity contribution in [2.24, 2.45) is 0 Å². The Kier molecular flexibility index (Phi) is 7.96. The zero-order valence-electron chi connectivity index (χ0n) is 21.1. The van der Waals surface area contributed by atoms with Crippen LogP contribution in [0, 0.1) is 6.92 Å². The summed E-state index contributed by atoms with van der Waals surface area (Å²) >= 11 is 5.67. The van der Waals surface area contributed by atoms with E-state index in [1.807, 2.05) is 0 Å². The van der Waals surface area contributed by atoms with Gasteiger partial charge in [-0.25, -0.2) is 14.8 Å². The van der Waals surface area contributed by atoms with Crippen LogP contribution in [-0.4, -0.2) is 34.3 Å². The van der Waals surface area contributed by atoms with E-state index < -0.39 is 23.7 Å². The fraction of sp³-hybridized carbons (Fsp3) is 0.385. The Balaban J connectivity index is 1.75. The van der Waals surface area contributed by atoms with Gasteiger partial charge in [0.15, 0.2) is 0 Å². The highest BCUT2D eigenvalue weighted by molar-refractivity contribution is 6.18. The molecule has 0 radical (unpaired) electrons. The van der Waals surface area contributed by atoms with Gasteiger partial charge in [0.1, 0.15) is 11.6 Å². The number of amides is 3. The predicted octanol–water partition coefficient (Wildman–Crippen LogP) is 5.94. The first-order chi connectivity index (χ1) is 18.0. The Morgan fingerprint density at radius 3 is 2.50 bits per heavy atom. The van der Waals surface area contributed by atoms with Gasteiger partial charge in [-0.15, -0.1) is 11.6 Å². The average molecular weight is 549 g/mol. The number of carbonyl (C=O) groups excluding carboxylic acids is 2. The zero-order chi connectivity index (χ0) is 27.6. The highest BCUT2D eigenvalue weighted by Gasteiger charge is 2.32. The molecule has 0 unspecified atom stereocenters. The number of urea groups is 1. The first-order valence-electron chi connectivity index (χ1n) is 12.2. The van der Waals surface area contributed by atoms with Gasteiger partial charge in [0.25, 0.3) is 0 Å². The van der Waals surface area contributed by atoms with Gasteiger partial charge in [-0.1, -0.05) is 0 Å². The van der Waals surface area contributed by atoms with Gasteiger partial charge in [0.05, 0.1) is 17.1 Å². The summed E-state index contributed by atoms with van der Waals surface area (Å²) in [6.07, 6.45) is -2.12. The topological polar surface area (TPSA) is 108 Å². The van der Waals surface area contributed by atoms with Gasteiger partial charge in [0, 0.05) is 36.1 Å². The third-order valence-electron chi connectivity index (χ3n) is 6.26. The molecule has 0 spiro atoms. The van der Waals surface area contributed by atoms with Crippen LogP contribution < -0.4 is 21.3 Å². The normalized spacial score (nSPS) is 13.7. The third kappa shape index (κ3) is 6.09. The molecule has 3 amide bonds. The number of hydrogen-bond acceptors (Lipinski definition) is 5. The predicted molar refractivity (Wildman–Crippen MR) is 142 cm³/mol. The molecule has 202 valence electrons. The molecule has 3 aromatic rings. The molecule has 8 nitrogen and oxygen atoms in total. The van der Waals surface area contributed by atoms with Crippen LogP contribution >= 0.6 is 11.6 Å². The molecule has 0 fully saturated rings. The summed E-state index contributed by atoms with van der Waals surface area (Å²) in [5.74, 6) is 0.737. The van der Waals surface area contributed by atoms with Crippen molar-refractivity contribution in [1.82, 2.24) is 15.3 Å². The second kappa shape index (κ2) is 11.0. The van der Waals surface area contributed by atoms with E-state index in [0.29, 0.717) is 34.8 Å². The van der Waals surface area contributed by atoms with Crippen molar-refractivity contribution in [2.75, 3.05) is 28.4 Å². The van der Waals surface area contributed by atoms with Crippen LogP contribution in [0.25, 0.3) is 10.9 Å². The number of aryl methyl sites for hydroxylation is 2. The van der Waals surface area contributed by atoms with Crippen molar-refractivity contribution >= 4 is 51.6 Å². The molecule has 12 heteroatoms. The van der Waals surface area contributed by atoms with Crippen LogP contribution in [0.4, 0.5) is 35.2 Å². The molecule has 2 aromatic carbocycles. The lowest BCUT2D eigenvalue weighted by Crippen LogP contribution is -2.30. The van der Waals surface area contributed by atoms with Gasteiger partial charge in [-0.3, -0.25) is 4.79 Å². The van der Waals surface area contributed by atoms with Gasteiger partial charge < -0.3 is 21.3 Å². The Morgan fingerprint density at radius 2 is 1.82 bits per heavy atom. The van der Waals surface area contributed by atoms with Crippen molar-refractivity contribution in [2.45, 2.75) is 52.3 Å². The third-order valence-corrected chi connectivity index (χ3v) is 6.45. The summed E-state index contributed by atoms with van der Waals surface area (Å²) in [5, 5.41) is 11.9. The average Bonchev–Trinajstić information content (AvgIpc) is 3.33. The fourth-order valence-corrected chi connectivity index (χ4v) is 4.75. The van der Waals surface area contributed by atoms with Crippen LogP contribution in [0.1, 0.15) is 54.4 Å². The number of aromatic nitrogens is 2. The van der Waals surface area contributed by atoms with E-state index in [4.69, 9.17) is 11.6 Å². The van der Waals surface area contributed by atoms with E-state index in [1.54, 1.807) is 19.9 Å². The molecule has 0 saturated heterocycles. The molecule has 0 aliphatic heterocycles. The van der Waals surface area contributed by atoms with Crippen LogP contribution in [0.3, 0.4) is 0 Å². The summed E-state index contributed by atoms with van der Waals surface area (Å²) in [6.45, 7) is 5.01. The van der Waals surface area contributed by atoms with Crippen molar-refractivity contribution in [3.05, 3.63) is 52.3 Å². The minimum Gasteiger partial charge on any atom is -0.363 e. The Hall–Kier alpha value is -3.60. The summed E-state index contributed by atoms with van der Waals surface area (Å²) in [7, 11) is 0. The zero-order valence-corrected chi connectivity index (χ0v) is 21.9. The Bertz CT molecular complexity index is 1400. The van der Waals surface area contributed by atoms with Crippen molar-refractivity contribution in [3.8, 4) is 0 Å². The Labute approximate surface area is 222 Å². The number of halogens is 4. The van der Waals surface area contributed by atoms with Gasteiger partial charge >= 0.3 is 12.2 Å². The highest BCUT2D eigenvalue weighted by Crippen LogP contribution is 2.39. The number of alkyl halides is 4. The number of fused-ring (bicyclic) bond motifs is 3. The lowest BCUT2D eigenvalue weighted by Gasteiger charge is -2.21. The lowest BCUT2D eigenvalue weighted by atomic mass is 10.0. The number of nitrogens with zero attached hydrogens (tertiary/aromatic N) is 2. The minimum absolute atomic E-state index is 0.0481. The summed E-state index contributed by atoms with van der Waals surface area (Å²) in [4.78, 5) is 33.1. The number of carbonyl (C=O) groups is 2. The van der Waals surface area contributed by atoms with E-state index in [2.05, 4.69) is 31.2 Å². The number of benzene rings is 2. The maximum absolute atomic E-state index is 13.6. The summed E-state index contributed by atoms with van der Waals surface area (Å²) in [5.41, 5.74) is 2.89. The number of rotatable bonds is 7. The van der Waals surface area contributed by atoms with Crippen molar-refractivity contribution in [3.63, 3.8) is 0 Å². The monoisotopic (exact) mass is 548 g/mol. The molecular weight excluding hydrogens is 521 g/mol. The molecule has 1 aromatic heterocycles. The van der Waals surface area contributed by atoms with E-state index >= 15 is 0 Å². The molecule has 1 aliphatic carbocycles. The second-order valence-corrected chi connectivity index (χ2v) is 9.59. The smallest absolute Gasteiger partial charge is 0.363 e. The van der Waals surface area contributed by atoms with Gasteiger partial charge in [-0.05, 0) is 74.1 Å². The molecule has 1 atom stereocenters. The van der Waals surface area contributed by atoms with E-state index in [-0.39, 0.29) is 17.6 Å². The Morgan fingerprint density at radius 1 is 1.08 bits per heavy atom. The number of hydrogen-bond donors (Lipinski definition) is 4. The maximum Gasteiger partial charge on any atom is 0.416 e. The van der Waals surface area contributed by atoms with Crippen molar-refractivity contribution in [1.29, 1.82) is 0 Å². The lowest BCUT2D eigenvalue weighted by molar-refractivity contribution is -0.137. The first kappa shape index (κ1) is 27.4. The summed E-state index contributed by atoms with van der Waals surface area (Å²) < 4.78 is 40.8. The van der Waals surface area contributed by atoms with Crippen LogP contribution in [0.15, 0.2) is 24.3 Å². The SMILES string of the molecule is CC(=O)Nc1cc([C@@H](C)Nc2nc(C)nc3c4c(c(NC(=O)NCCCl)cc23)CCC4)cc(C(F)(F)F)c1. The molecule has 38 heavy (non-hydrogen) atoms. The van der Waals surface area contributed by atoms with E-state index in [9.17, 15) is 22.8 Å². The minimum atomic E-state index is -4.59. The van der Waals surface area contributed by atoms with Crippen LogP contribution in [0.5, 0.6) is 0 Å². The number of anilines is 3. The molecule has 1 heterocycles. The highest BCUT2D eigenvalue weighted by atomic mass is 35.5. The largest absolute Gasteiger partial charge is 0.416 e. The molecule has 1 aliphatic rings. The van der Waals surface area contributed by atoms with Gasteiger partial charge in [0.2, 0.25) is 5.91 Å². The molecule has 0 saturated carbocycles. The quantitative estimate of drug-likeness (QED) is 0.273. The van der Waals surface area contributed by atoms with Crippen molar-refractivity contribution < 1.29 is 22.8 Å². The number of nitrogens with one attached hydrogen (secondary N) is 4. The van der Waals surface area contributed by atoms with Crippen LogP contribution in [0.2, 0.25) is 0 Å². The fourth-order valence-electron chi connectivity index (χ4n) is 4.66. The van der Waals surface area contributed by atoms with Gasteiger partial charge in [-0.2, -0.15) is 13.2 Å². The molecule has 0 bridgehead atoms. The standard InChI is InChI=1S/C26H28ClF3N6O2/c1-13(16-9-17(26(28,29)30)11-18(10-16)35-15(3)37)32-24-21-12-22(36-25(38)31-8-7-27)19-5-4-6-20(19)23(21)33-14(2)34-24/h9-13H,4-8H2,1-3H3,(H,35,37)(H2,31,36,38)(H,32,33,34)/t13-/m1/s1. The van der Waals surface area contributed by atoms with E-state index in [1.165, 1.54) is 13.0 Å². The van der Waals surface area contributed by atoms with Crippen LogP contribution in [-0.2, 0) is 23.8 Å². The molecule has 4 N–H and O–H groups in total. The van der Waals surface area contributed by atoms with E-state index in [0.717, 1.165) is 48.0 Å². The summed E-state index contributed by atoms with van der Waals surface area (Å²) in [6, 6.07) is 4.24. The second-order valence-electron chi connectivity index (χ2n) is 9.21.